The number of pyridine rings is 1. The Kier molecular flexibility index (Phi) is 5.47. The zero-order valence-corrected chi connectivity index (χ0v) is 14.1. The lowest BCUT2D eigenvalue weighted by atomic mass is 10.1. The Morgan fingerprint density at radius 1 is 1.15 bits per heavy atom. The van der Waals surface area contributed by atoms with Gasteiger partial charge >= 0.3 is 0 Å². The number of carbonyl (C=O) groups is 2. The minimum atomic E-state index is -2.70. The van der Waals surface area contributed by atoms with Gasteiger partial charge in [-0.2, -0.15) is 8.78 Å². The number of hydrazine groups is 1. The maximum absolute atomic E-state index is 12.5. The molecule has 2 heterocycles. The normalized spacial score (nSPS) is 10.9. The molecule has 0 fully saturated rings. The summed E-state index contributed by atoms with van der Waals surface area (Å²) in [7, 11) is 0. The molecule has 6 nitrogen and oxygen atoms in total. The third-order valence-electron chi connectivity index (χ3n) is 3.56. The molecule has 0 unspecified atom stereocenters. The van der Waals surface area contributed by atoms with Crippen molar-refractivity contribution in [2.75, 3.05) is 0 Å². The molecule has 2 amide bonds. The molecule has 0 aliphatic heterocycles. The number of fused-ring (bicyclic) bond motifs is 1. The maximum Gasteiger partial charge on any atom is 0.290 e. The van der Waals surface area contributed by atoms with Gasteiger partial charge in [0.2, 0.25) is 5.91 Å². The molecule has 0 saturated heterocycles. The molecule has 0 atom stereocenters. The number of benzene rings is 1. The number of thioether (sulfide) groups is 1. The van der Waals surface area contributed by atoms with Crippen LogP contribution in [0.2, 0.25) is 0 Å². The first-order valence-electron chi connectivity index (χ1n) is 7.58. The van der Waals surface area contributed by atoms with Crippen molar-refractivity contribution >= 4 is 34.5 Å². The summed E-state index contributed by atoms with van der Waals surface area (Å²) >= 11 is 0.171. The lowest BCUT2D eigenvalue weighted by Gasteiger charge is -2.09. The third-order valence-corrected chi connectivity index (χ3v) is 4.28. The molecular weight excluding hydrogens is 362 g/mol. The van der Waals surface area contributed by atoms with Crippen LogP contribution in [0.4, 0.5) is 8.78 Å². The van der Waals surface area contributed by atoms with Crippen molar-refractivity contribution in [2.45, 2.75) is 17.2 Å². The van der Waals surface area contributed by atoms with Crippen molar-refractivity contribution in [2.24, 2.45) is 0 Å². The van der Waals surface area contributed by atoms with E-state index in [1.165, 1.54) is 18.3 Å². The maximum atomic E-state index is 12.5. The van der Waals surface area contributed by atoms with Crippen molar-refractivity contribution in [3.05, 3.63) is 59.9 Å². The van der Waals surface area contributed by atoms with Gasteiger partial charge in [-0.3, -0.25) is 20.4 Å². The topological polar surface area (TPSA) is 86.9 Å². The fraction of sp³-hybridized carbons (Fsp3) is 0.118. The van der Waals surface area contributed by atoms with E-state index < -0.39 is 17.6 Å². The summed E-state index contributed by atoms with van der Waals surface area (Å²) in [6, 6.07) is 10.3. The van der Waals surface area contributed by atoms with Crippen LogP contribution in [0.5, 0.6) is 0 Å². The van der Waals surface area contributed by atoms with Crippen molar-refractivity contribution in [1.82, 2.24) is 20.8 Å². The molecule has 0 bridgehead atoms. The lowest BCUT2D eigenvalue weighted by Crippen LogP contribution is -2.42. The number of hydrogen-bond donors (Lipinski definition) is 3. The van der Waals surface area contributed by atoms with Crippen LogP contribution in [0.25, 0.3) is 10.9 Å². The molecule has 0 radical (unpaired) electrons. The van der Waals surface area contributed by atoms with Gasteiger partial charge in [-0.1, -0.05) is 18.2 Å². The van der Waals surface area contributed by atoms with E-state index >= 15 is 0 Å². The number of amides is 2. The Balaban J connectivity index is 1.62. The SMILES string of the molecule is O=C(Cc1c[nH]c2ccccc12)NNC(=O)c1cccnc1SC(F)F. The number of H-pyrrole nitrogens is 1. The molecule has 0 aliphatic carbocycles. The van der Waals surface area contributed by atoms with Crippen LogP contribution >= 0.6 is 11.8 Å². The van der Waals surface area contributed by atoms with Gasteiger partial charge in [0.15, 0.2) is 0 Å². The molecule has 1 aromatic carbocycles. The summed E-state index contributed by atoms with van der Waals surface area (Å²) in [4.78, 5) is 31.0. The number of aromatic nitrogens is 2. The van der Waals surface area contributed by atoms with Crippen molar-refractivity contribution < 1.29 is 18.4 Å². The summed E-state index contributed by atoms with van der Waals surface area (Å²) < 4.78 is 25.1. The standard InChI is InChI=1S/C17H14F2N4O2S/c18-17(19)26-16-12(5-3-7-20-16)15(25)23-22-14(24)8-10-9-21-13-6-2-1-4-11(10)13/h1-7,9,17,21H,8H2,(H,22,24)(H,23,25). The molecule has 2 aromatic heterocycles. The van der Waals surface area contributed by atoms with Gasteiger partial charge in [-0.15, -0.1) is 0 Å². The summed E-state index contributed by atoms with van der Waals surface area (Å²) in [6.45, 7) is 0. The van der Waals surface area contributed by atoms with Gasteiger partial charge in [-0.25, -0.2) is 4.98 Å². The molecule has 26 heavy (non-hydrogen) atoms. The van der Waals surface area contributed by atoms with E-state index in [9.17, 15) is 18.4 Å². The van der Waals surface area contributed by atoms with E-state index in [4.69, 9.17) is 0 Å². The summed E-state index contributed by atoms with van der Waals surface area (Å²) in [5.74, 6) is -3.85. The van der Waals surface area contributed by atoms with Crippen LogP contribution in [0.15, 0.2) is 53.8 Å². The molecule has 3 aromatic rings. The number of para-hydroxylation sites is 1. The number of carbonyl (C=O) groups excluding carboxylic acids is 2. The molecule has 0 saturated carbocycles. The van der Waals surface area contributed by atoms with Crippen molar-refractivity contribution in [1.29, 1.82) is 0 Å². The first-order chi connectivity index (χ1) is 12.5. The van der Waals surface area contributed by atoms with Gasteiger partial charge < -0.3 is 4.98 Å². The van der Waals surface area contributed by atoms with E-state index in [0.717, 1.165) is 16.5 Å². The first kappa shape index (κ1) is 17.9. The fourth-order valence-corrected chi connectivity index (χ4v) is 3.01. The predicted molar refractivity (Wildman–Crippen MR) is 93.7 cm³/mol. The van der Waals surface area contributed by atoms with Gasteiger partial charge in [0, 0.05) is 23.3 Å². The van der Waals surface area contributed by atoms with E-state index in [0.29, 0.717) is 0 Å². The molecular formula is C17H14F2N4O2S. The van der Waals surface area contributed by atoms with Gasteiger partial charge in [-0.05, 0) is 35.5 Å². The second kappa shape index (κ2) is 7.96. The van der Waals surface area contributed by atoms with Crippen molar-refractivity contribution in [3.63, 3.8) is 0 Å². The quantitative estimate of drug-likeness (QED) is 0.472. The second-order valence-corrected chi connectivity index (χ2v) is 6.25. The number of halogens is 2. The second-order valence-electron chi connectivity index (χ2n) is 5.27. The van der Waals surface area contributed by atoms with Crippen LogP contribution in [0.1, 0.15) is 15.9 Å². The van der Waals surface area contributed by atoms with Crippen molar-refractivity contribution in [3.8, 4) is 0 Å². The number of nitrogens with one attached hydrogen (secondary N) is 3. The lowest BCUT2D eigenvalue weighted by molar-refractivity contribution is -0.121. The van der Waals surface area contributed by atoms with Gasteiger partial charge in [0.05, 0.1) is 12.0 Å². The molecule has 3 rings (SSSR count). The Hall–Kier alpha value is -2.94. The van der Waals surface area contributed by atoms with Gasteiger partial charge in [0.1, 0.15) is 5.03 Å². The number of aromatic amines is 1. The Morgan fingerprint density at radius 2 is 1.96 bits per heavy atom. The minimum absolute atomic E-state index is 0.0369. The Morgan fingerprint density at radius 3 is 2.77 bits per heavy atom. The Bertz CT molecular complexity index is 945. The zero-order chi connectivity index (χ0) is 18.5. The highest BCUT2D eigenvalue weighted by atomic mass is 32.2. The van der Waals surface area contributed by atoms with Crippen LogP contribution in [-0.2, 0) is 11.2 Å². The molecule has 134 valence electrons. The van der Waals surface area contributed by atoms with Crippen LogP contribution in [0.3, 0.4) is 0 Å². The summed E-state index contributed by atoms with van der Waals surface area (Å²) in [5.41, 5.74) is 6.16. The van der Waals surface area contributed by atoms with E-state index in [2.05, 4.69) is 20.8 Å². The predicted octanol–water partition coefficient (Wildman–Crippen LogP) is 2.88. The van der Waals surface area contributed by atoms with E-state index in [1.807, 2.05) is 24.3 Å². The van der Waals surface area contributed by atoms with E-state index in [1.54, 1.807) is 6.20 Å². The smallest absolute Gasteiger partial charge is 0.290 e. The Labute approximate surface area is 151 Å². The number of nitrogens with zero attached hydrogens (tertiary/aromatic N) is 1. The monoisotopic (exact) mass is 376 g/mol. The average Bonchev–Trinajstić information content (AvgIpc) is 3.03. The minimum Gasteiger partial charge on any atom is -0.361 e. The zero-order valence-electron chi connectivity index (χ0n) is 13.3. The average molecular weight is 376 g/mol. The first-order valence-corrected chi connectivity index (χ1v) is 8.46. The third kappa shape index (κ3) is 4.17. The number of alkyl halides is 2. The highest BCUT2D eigenvalue weighted by Crippen LogP contribution is 2.26. The van der Waals surface area contributed by atoms with Crippen LogP contribution < -0.4 is 10.9 Å². The summed E-state index contributed by atoms with van der Waals surface area (Å²) in [5, 5.41) is 0.808. The molecule has 9 heteroatoms. The number of hydrogen-bond acceptors (Lipinski definition) is 4. The highest BCUT2D eigenvalue weighted by molar-refractivity contribution is 7.99. The number of rotatable bonds is 5. The molecule has 0 aliphatic rings. The van der Waals surface area contributed by atoms with Crippen LogP contribution in [-0.4, -0.2) is 27.5 Å². The van der Waals surface area contributed by atoms with Crippen LogP contribution in [0, 0.1) is 0 Å². The highest BCUT2D eigenvalue weighted by Gasteiger charge is 2.17. The van der Waals surface area contributed by atoms with Gasteiger partial charge in [0.25, 0.3) is 11.7 Å². The molecule has 3 N–H and O–H groups in total. The molecule has 0 spiro atoms. The fourth-order valence-electron chi connectivity index (χ4n) is 2.43. The largest absolute Gasteiger partial charge is 0.361 e. The van der Waals surface area contributed by atoms with E-state index in [-0.39, 0.29) is 28.8 Å². The summed E-state index contributed by atoms with van der Waals surface area (Å²) in [6.07, 6.45) is 3.09.